The molecule has 1 aromatic heterocycles. The third-order valence-corrected chi connectivity index (χ3v) is 4.54. The molecule has 0 aliphatic heterocycles. The average molecular weight is 315 g/mol. The summed E-state index contributed by atoms with van der Waals surface area (Å²) in [5.74, 6) is 0. The van der Waals surface area contributed by atoms with E-state index in [1.165, 1.54) is 11.1 Å². The first kappa shape index (κ1) is 15.4. The lowest BCUT2D eigenvalue weighted by atomic mass is 9.79. The lowest BCUT2D eigenvalue weighted by molar-refractivity contribution is 0.569. The third-order valence-electron chi connectivity index (χ3n) is 4.22. The van der Waals surface area contributed by atoms with Gasteiger partial charge in [-0.3, -0.25) is 0 Å². The molecule has 0 saturated carbocycles. The minimum Gasteiger partial charge on any atom is -0.456 e. The van der Waals surface area contributed by atoms with Gasteiger partial charge in [-0.05, 0) is 40.2 Å². The highest BCUT2D eigenvalue weighted by molar-refractivity contribution is 6.37. The Hall–Kier alpha value is -1.47. The first-order chi connectivity index (χ1) is 10.1. The standard InChI is InChI=1S/C20H23ClO/c1-19(2,3)12-10-13(20(4,5)6)17-16(11-12)22-15-9-7-8-14(21)18(15)17/h7-11H,1-6H3. The van der Waals surface area contributed by atoms with Crippen molar-refractivity contribution in [3.63, 3.8) is 0 Å². The molecule has 0 bridgehead atoms. The Morgan fingerprint density at radius 1 is 0.818 bits per heavy atom. The maximum atomic E-state index is 6.47. The average Bonchev–Trinajstić information content (AvgIpc) is 2.74. The van der Waals surface area contributed by atoms with Crippen LogP contribution in [0.3, 0.4) is 0 Å². The summed E-state index contributed by atoms with van der Waals surface area (Å²) in [4.78, 5) is 0. The van der Waals surface area contributed by atoms with Gasteiger partial charge in [0.2, 0.25) is 0 Å². The molecule has 0 fully saturated rings. The van der Waals surface area contributed by atoms with Gasteiger partial charge in [0.25, 0.3) is 0 Å². The van der Waals surface area contributed by atoms with Crippen molar-refractivity contribution in [2.45, 2.75) is 52.4 Å². The van der Waals surface area contributed by atoms with Gasteiger partial charge >= 0.3 is 0 Å². The monoisotopic (exact) mass is 314 g/mol. The molecular formula is C20H23ClO. The lowest BCUT2D eigenvalue weighted by Crippen LogP contribution is -2.16. The SMILES string of the molecule is CC(C)(C)c1cc(C(C)(C)C)c2c(c1)oc1cccc(Cl)c12. The van der Waals surface area contributed by atoms with E-state index < -0.39 is 0 Å². The summed E-state index contributed by atoms with van der Waals surface area (Å²) in [5, 5.41) is 2.94. The molecule has 3 aromatic rings. The van der Waals surface area contributed by atoms with E-state index >= 15 is 0 Å². The van der Waals surface area contributed by atoms with Crippen LogP contribution in [0.25, 0.3) is 21.9 Å². The minimum absolute atomic E-state index is 0.0233. The molecule has 0 radical (unpaired) electrons. The molecule has 1 heterocycles. The topological polar surface area (TPSA) is 13.1 Å². The molecule has 3 rings (SSSR count). The van der Waals surface area contributed by atoms with Crippen LogP contribution in [-0.2, 0) is 10.8 Å². The van der Waals surface area contributed by atoms with Crippen molar-refractivity contribution in [2.75, 3.05) is 0 Å². The summed E-state index contributed by atoms with van der Waals surface area (Å²) in [6.45, 7) is 13.4. The summed E-state index contributed by atoms with van der Waals surface area (Å²) in [7, 11) is 0. The molecule has 0 amide bonds. The minimum atomic E-state index is 0.0233. The van der Waals surface area contributed by atoms with Gasteiger partial charge in [-0.15, -0.1) is 0 Å². The van der Waals surface area contributed by atoms with Crippen molar-refractivity contribution < 1.29 is 4.42 Å². The van der Waals surface area contributed by atoms with Crippen molar-refractivity contribution >= 4 is 33.5 Å². The molecule has 0 N–H and O–H groups in total. The summed E-state index contributed by atoms with van der Waals surface area (Å²) in [6, 6.07) is 10.4. The van der Waals surface area contributed by atoms with Crippen LogP contribution in [-0.4, -0.2) is 0 Å². The largest absolute Gasteiger partial charge is 0.456 e. The predicted molar refractivity (Wildman–Crippen MR) is 96.1 cm³/mol. The second-order valence-electron chi connectivity index (χ2n) is 8.11. The Labute approximate surface area is 137 Å². The molecule has 0 saturated heterocycles. The van der Waals surface area contributed by atoms with E-state index in [9.17, 15) is 0 Å². The Balaban J connectivity index is 2.53. The summed E-state index contributed by atoms with van der Waals surface area (Å²) in [6.07, 6.45) is 0. The fourth-order valence-corrected chi connectivity index (χ4v) is 3.19. The first-order valence-corrected chi connectivity index (χ1v) is 8.12. The van der Waals surface area contributed by atoms with Gasteiger partial charge in [0.15, 0.2) is 0 Å². The number of hydrogen-bond acceptors (Lipinski definition) is 1. The molecule has 0 atom stereocenters. The van der Waals surface area contributed by atoms with E-state index in [-0.39, 0.29) is 10.8 Å². The Morgan fingerprint density at radius 2 is 1.50 bits per heavy atom. The highest BCUT2D eigenvalue weighted by Crippen LogP contribution is 2.42. The van der Waals surface area contributed by atoms with Gasteiger partial charge in [0.05, 0.1) is 5.02 Å². The highest BCUT2D eigenvalue weighted by atomic mass is 35.5. The number of furan rings is 1. The van der Waals surface area contributed by atoms with Gasteiger partial charge in [0.1, 0.15) is 11.2 Å². The van der Waals surface area contributed by atoms with Gasteiger partial charge in [0, 0.05) is 10.8 Å². The van der Waals surface area contributed by atoms with E-state index in [1.807, 2.05) is 18.2 Å². The molecule has 22 heavy (non-hydrogen) atoms. The van der Waals surface area contributed by atoms with Crippen LogP contribution in [0, 0.1) is 0 Å². The van der Waals surface area contributed by atoms with Crippen molar-refractivity contribution in [2.24, 2.45) is 0 Å². The molecule has 0 aliphatic rings. The van der Waals surface area contributed by atoms with Crippen LogP contribution in [0.15, 0.2) is 34.7 Å². The maximum absolute atomic E-state index is 6.47. The van der Waals surface area contributed by atoms with E-state index in [4.69, 9.17) is 16.0 Å². The molecule has 0 aliphatic carbocycles. The quantitative estimate of drug-likeness (QED) is 0.443. The number of rotatable bonds is 0. The molecule has 0 unspecified atom stereocenters. The summed E-state index contributed by atoms with van der Waals surface area (Å²) < 4.78 is 6.12. The van der Waals surface area contributed by atoms with Crippen LogP contribution >= 0.6 is 11.6 Å². The van der Waals surface area contributed by atoms with Crippen LogP contribution in [0.5, 0.6) is 0 Å². The molecule has 2 aromatic carbocycles. The summed E-state index contributed by atoms with van der Waals surface area (Å²) in [5.41, 5.74) is 4.48. The zero-order valence-electron chi connectivity index (χ0n) is 14.2. The van der Waals surface area contributed by atoms with Crippen LogP contribution in [0.1, 0.15) is 52.7 Å². The first-order valence-electron chi connectivity index (χ1n) is 7.75. The van der Waals surface area contributed by atoms with Crippen molar-refractivity contribution in [3.8, 4) is 0 Å². The highest BCUT2D eigenvalue weighted by Gasteiger charge is 2.25. The number of fused-ring (bicyclic) bond motifs is 3. The second kappa shape index (κ2) is 4.76. The van der Waals surface area contributed by atoms with Crippen LogP contribution < -0.4 is 0 Å². The summed E-state index contributed by atoms with van der Waals surface area (Å²) >= 11 is 6.47. The zero-order chi connectivity index (χ0) is 16.3. The number of benzene rings is 2. The van der Waals surface area contributed by atoms with Gasteiger partial charge < -0.3 is 4.42 Å². The van der Waals surface area contributed by atoms with Crippen molar-refractivity contribution in [3.05, 3.63) is 46.5 Å². The number of hydrogen-bond donors (Lipinski definition) is 0. The molecular weight excluding hydrogens is 292 g/mol. The second-order valence-corrected chi connectivity index (χ2v) is 8.52. The lowest BCUT2D eigenvalue weighted by Gasteiger charge is -2.25. The molecule has 1 nitrogen and oxygen atoms in total. The van der Waals surface area contributed by atoms with Crippen LogP contribution in [0.4, 0.5) is 0 Å². The predicted octanol–water partition coefficient (Wildman–Crippen LogP) is 6.83. The fourth-order valence-electron chi connectivity index (χ4n) is 2.93. The molecule has 116 valence electrons. The van der Waals surface area contributed by atoms with E-state index in [1.54, 1.807) is 0 Å². The number of halogens is 1. The molecule has 2 heteroatoms. The van der Waals surface area contributed by atoms with Gasteiger partial charge in [-0.2, -0.15) is 0 Å². The van der Waals surface area contributed by atoms with Crippen LogP contribution in [0.2, 0.25) is 5.02 Å². The fraction of sp³-hybridized carbons (Fsp3) is 0.400. The Morgan fingerprint density at radius 3 is 2.09 bits per heavy atom. The maximum Gasteiger partial charge on any atom is 0.136 e. The van der Waals surface area contributed by atoms with Crippen molar-refractivity contribution in [1.29, 1.82) is 0 Å². The van der Waals surface area contributed by atoms with Gasteiger partial charge in [-0.25, -0.2) is 0 Å². The smallest absolute Gasteiger partial charge is 0.136 e. The van der Waals surface area contributed by atoms with E-state index in [0.29, 0.717) is 0 Å². The van der Waals surface area contributed by atoms with E-state index in [0.717, 1.165) is 27.0 Å². The zero-order valence-corrected chi connectivity index (χ0v) is 14.9. The Kier molecular flexibility index (Phi) is 3.34. The normalized spacial score (nSPS) is 13.2. The third kappa shape index (κ3) is 2.42. The van der Waals surface area contributed by atoms with E-state index in [2.05, 4.69) is 53.7 Å². The van der Waals surface area contributed by atoms with Crippen molar-refractivity contribution in [1.82, 2.24) is 0 Å². The Bertz CT molecular complexity index is 857. The van der Waals surface area contributed by atoms with Gasteiger partial charge in [-0.1, -0.05) is 65.3 Å². The molecule has 0 spiro atoms.